The second-order valence-electron chi connectivity index (χ2n) is 3.87. The molecule has 2 rings (SSSR count). The van der Waals surface area contributed by atoms with Gasteiger partial charge in [-0.25, -0.2) is 4.79 Å². The van der Waals surface area contributed by atoms with Gasteiger partial charge in [-0.2, -0.15) is 0 Å². The molecule has 1 N–H and O–H groups in total. The number of aromatic carboxylic acids is 1. The molecule has 0 unspecified atom stereocenters. The molecule has 0 spiro atoms. The minimum absolute atomic E-state index is 0.342. The number of hydrogen-bond donors (Lipinski definition) is 1. The molecule has 0 aliphatic carbocycles. The first kappa shape index (κ1) is 12.6. The lowest BCUT2D eigenvalue weighted by Crippen LogP contribution is -1.98. The van der Waals surface area contributed by atoms with Gasteiger partial charge in [0, 0.05) is 16.6 Å². The zero-order chi connectivity index (χ0) is 13.1. The van der Waals surface area contributed by atoms with Crippen LogP contribution < -0.4 is 4.74 Å². The maximum atomic E-state index is 10.9. The summed E-state index contributed by atoms with van der Waals surface area (Å²) in [6, 6.07) is 5.32. The predicted molar refractivity (Wildman–Crippen MR) is 69.3 cm³/mol. The Balaban J connectivity index is 2.11. The molecule has 0 fully saturated rings. The summed E-state index contributed by atoms with van der Waals surface area (Å²) >= 11 is 1.27. The van der Waals surface area contributed by atoms with E-state index in [9.17, 15) is 4.79 Å². The van der Waals surface area contributed by atoms with Gasteiger partial charge in [0.1, 0.15) is 17.2 Å². The molecule has 0 saturated carbocycles. The van der Waals surface area contributed by atoms with Crippen molar-refractivity contribution in [2.45, 2.75) is 20.5 Å². The lowest BCUT2D eigenvalue weighted by molar-refractivity contribution is 0.0702. The Hall–Kier alpha value is -1.88. The van der Waals surface area contributed by atoms with E-state index in [2.05, 4.69) is 4.98 Å². The van der Waals surface area contributed by atoms with Crippen molar-refractivity contribution in [3.8, 4) is 5.75 Å². The van der Waals surface area contributed by atoms with E-state index in [4.69, 9.17) is 9.84 Å². The van der Waals surface area contributed by atoms with Crippen LogP contribution in [0.4, 0.5) is 0 Å². The van der Waals surface area contributed by atoms with Crippen molar-refractivity contribution in [3.63, 3.8) is 0 Å². The van der Waals surface area contributed by atoms with Crippen molar-refractivity contribution in [2.75, 3.05) is 0 Å². The van der Waals surface area contributed by atoms with Gasteiger partial charge in [0.15, 0.2) is 0 Å². The molecule has 18 heavy (non-hydrogen) atoms. The lowest BCUT2D eigenvalue weighted by atomic mass is 10.2. The molecule has 94 valence electrons. The van der Waals surface area contributed by atoms with Gasteiger partial charge in [-0.05, 0) is 32.0 Å². The van der Waals surface area contributed by atoms with Gasteiger partial charge >= 0.3 is 5.97 Å². The Bertz CT molecular complexity index is 577. The third-order valence-corrected chi connectivity index (χ3v) is 3.65. The second kappa shape index (κ2) is 5.18. The van der Waals surface area contributed by atoms with E-state index in [1.165, 1.54) is 11.3 Å². The molecule has 0 aliphatic heterocycles. The SMILES string of the molecule is Cc1ncccc1OCc1cc(C(=O)O)sc1C. The molecule has 2 aromatic heterocycles. The number of hydrogen-bond acceptors (Lipinski definition) is 4. The van der Waals surface area contributed by atoms with Crippen LogP contribution in [0.15, 0.2) is 24.4 Å². The number of thiophene rings is 1. The summed E-state index contributed by atoms with van der Waals surface area (Å²) in [7, 11) is 0. The van der Waals surface area contributed by atoms with E-state index in [0.29, 0.717) is 11.5 Å². The molecule has 0 atom stereocenters. The zero-order valence-corrected chi connectivity index (χ0v) is 11.0. The molecule has 5 heteroatoms. The van der Waals surface area contributed by atoms with Gasteiger partial charge in [0.2, 0.25) is 0 Å². The van der Waals surface area contributed by atoms with Crippen molar-refractivity contribution in [2.24, 2.45) is 0 Å². The molecule has 2 heterocycles. The maximum Gasteiger partial charge on any atom is 0.345 e. The van der Waals surface area contributed by atoms with Crippen LogP contribution in [-0.2, 0) is 6.61 Å². The largest absolute Gasteiger partial charge is 0.487 e. The molecule has 0 aromatic carbocycles. The van der Waals surface area contributed by atoms with Gasteiger partial charge in [0.25, 0.3) is 0 Å². The minimum Gasteiger partial charge on any atom is -0.487 e. The summed E-state index contributed by atoms with van der Waals surface area (Å²) in [5.74, 6) is -0.174. The molecule has 0 aliphatic rings. The molecular formula is C13H13NO3S. The van der Waals surface area contributed by atoms with Crippen LogP contribution in [0.5, 0.6) is 5.75 Å². The molecule has 0 saturated heterocycles. The highest BCUT2D eigenvalue weighted by Crippen LogP contribution is 2.23. The summed E-state index contributed by atoms with van der Waals surface area (Å²) in [4.78, 5) is 16.3. The summed E-state index contributed by atoms with van der Waals surface area (Å²) < 4.78 is 5.65. The van der Waals surface area contributed by atoms with Crippen LogP contribution in [0.25, 0.3) is 0 Å². The first-order valence-electron chi connectivity index (χ1n) is 5.45. The number of rotatable bonds is 4. The fraction of sp³-hybridized carbons (Fsp3) is 0.231. The van der Waals surface area contributed by atoms with Crippen LogP contribution in [0.1, 0.15) is 25.8 Å². The Labute approximate surface area is 109 Å². The van der Waals surface area contributed by atoms with Gasteiger partial charge in [-0.3, -0.25) is 4.98 Å². The fourth-order valence-corrected chi connectivity index (χ4v) is 2.41. The first-order valence-corrected chi connectivity index (χ1v) is 6.26. The van der Waals surface area contributed by atoms with E-state index in [0.717, 1.165) is 21.9 Å². The number of pyridine rings is 1. The standard InChI is InChI=1S/C13H13NO3S/c1-8-11(4-3-5-14-8)17-7-10-6-12(13(15)16)18-9(10)2/h3-6H,7H2,1-2H3,(H,15,16). The zero-order valence-electron chi connectivity index (χ0n) is 10.1. The van der Waals surface area contributed by atoms with Crippen molar-refractivity contribution < 1.29 is 14.6 Å². The summed E-state index contributed by atoms with van der Waals surface area (Å²) in [5, 5.41) is 8.91. The minimum atomic E-state index is -0.896. The number of carboxylic acids is 1. The van der Waals surface area contributed by atoms with Crippen molar-refractivity contribution >= 4 is 17.3 Å². The Kier molecular flexibility index (Phi) is 3.62. The molecule has 0 bridgehead atoms. The smallest absolute Gasteiger partial charge is 0.345 e. The van der Waals surface area contributed by atoms with Gasteiger partial charge < -0.3 is 9.84 Å². The van der Waals surface area contributed by atoms with E-state index >= 15 is 0 Å². The second-order valence-corrected chi connectivity index (χ2v) is 5.13. The summed E-state index contributed by atoms with van der Waals surface area (Å²) in [5.41, 5.74) is 1.73. The average Bonchev–Trinajstić information content (AvgIpc) is 2.70. The number of carbonyl (C=O) groups is 1. The van der Waals surface area contributed by atoms with E-state index in [1.807, 2.05) is 26.0 Å². The highest BCUT2D eigenvalue weighted by Gasteiger charge is 2.11. The monoisotopic (exact) mass is 263 g/mol. The van der Waals surface area contributed by atoms with Crippen molar-refractivity contribution in [1.82, 2.24) is 4.98 Å². The van der Waals surface area contributed by atoms with Crippen LogP contribution in [0.2, 0.25) is 0 Å². The number of aryl methyl sites for hydroxylation is 2. The third kappa shape index (κ3) is 2.68. The summed E-state index contributed by atoms with van der Waals surface area (Å²) in [6.45, 7) is 4.13. The normalized spacial score (nSPS) is 10.3. The quantitative estimate of drug-likeness (QED) is 0.921. The molecular weight excluding hydrogens is 250 g/mol. The average molecular weight is 263 g/mol. The molecule has 2 aromatic rings. The molecule has 0 radical (unpaired) electrons. The van der Waals surface area contributed by atoms with Gasteiger partial charge in [0.05, 0.1) is 5.69 Å². The third-order valence-electron chi connectivity index (χ3n) is 2.57. The van der Waals surface area contributed by atoms with Crippen LogP contribution in [-0.4, -0.2) is 16.1 Å². The Morgan fingerprint density at radius 1 is 1.50 bits per heavy atom. The molecule has 0 amide bonds. The van der Waals surface area contributed by atoms with E-state index in [1.54, 1.807) is 12.3 Å². The number of ether oxygens (including phenoxy) is 1. The van der Waals surface area contributed by atoms with E-state index in [-0.39, 0.29) is 0 Å². The Morgan fingerprint density at radius 2 is 2.28 bits per heavy atom. The lowest BCUT2D eigenvalue weighted by Gasteiger charge is -2.07. The van der Waals surface area contributed by atoms with Crippen LogP contribution >= 0.6 is 11.3 Å². The number of nitrogens with zero attached hydrogens (tertiary/aromatic N) is 1. The van der Waals surface area contributed by atoms with Gasteiger partial charge in [-0.15, -0.1) is 11.3 Å². The van der Waals surface area contributed by atoms with Crippen molar-refractivity contribution in [3.05, 3.63) is 45.4 Å². The predicted octanol–water partition coefficient (Wildman–Crippen LogP) is 3.04. The Morgan fingerprint density at radius 3 is 2.89 bits per heavy atom. The highest BCUT2D eigenvalue weighted by atomic mass is 32.1. The van der Waals surface area contributed by atoms with Crippen molar-refractivity contribution in [1.29, 1.82) is 0 Å². The first-order chi connectivity index (χ1) is 8.58. The van der Waals surface area contributed by atoms with E-state index < -0.39 is 5.97 Å². The van der Waals surface area contributed by atoms with Crippen LogP contribution in [0.3, 0.4) is 0 Å². The topological polar surface area (TPSA) is 59.4 Å². The number of carboxylic acid groups (broad SMARTS) is 1. The maximum absolute atomic E-state index is 10.9. The molecule has 4 nitrogen and oxygen atoms in total. The van der Waals surface area contributed by atoms with Crippen LogP contribution in [0, 0.1) is 13.8 Å². The number of aromatic nitrogens is 1. The fourth-order valence-electron chi connectivity index (χ4n) is 1.55. The van der Waals surface area contributed by atoms with Gasteiger partial charge in [-0.1, -0.05) is 0 Å². The highest BCUT2D eigenvalue weighted by molar-refractivity contribution is 7.14. The summed E-state index contributed by atoms with van der Waals surface area (Å²) in [6.07, 6.45) is 1.71.